The van der Waals surface area contributed by atoms with E-state index >= 15 is 0 Å². The van der Waals surface area contributed by atoms with Crippen molar-refractivity contribution in [1.29, 1.82) is 0 Å². The maximum atomic E-state index is 13.0. The number of benzene rings is 2. The van der Waals surface area contributed by atoms with E-state index in [0.717, 1.165) is 4.90 Å². The summed E-state index contributed by atoms with van der Waals surface area (Å²) in [5.41, 5.74) is 0.575. The van der Waals surface area contributed by atoms with E-state index in [1.165, 1.54) is 37.5 Å². The predicted molar refractivity (Wildman–Crippen MR) is 115 cm³/mol. The van der Waals surface area contributed by atoms with Gasteiger partial charge in [-0.3, -0.25) is 19.8 Å². The predicted octanol–water partition coefficient (Wildman–Crippen LogP) is 4.30. The first-order valence-electron chi connectivity index (χ1n) is 7.66. The second-order valence-corrected chi connectivity index (χ2v) is 7.69. The van der Waals surface area contributed by atoms with Gasteiger partial charge in [-0.05, 0) is 70.1 Å². The molecule has 2 aromatic carbocycles. The van der Waals surface area contributed by atoms with Crippen LogP contribution in [-0.4, -0.2) is 29.1 Å². The lowest BCUT2D eigenvalue weighted by atomic mass is 10.1. The average molecular weight is 502 g/mol. The molecule has 2 aromatic rings. The Balaban J connectivity index is 2.08. The first-order chi connectivity index (χ1) is 13.2. The molecule has 1 fully saturated rings. The molecule has 2 N–H and O–H groups in total. The largest absolute Gasteiger partial charge is 0.503 e. The van der Waals surface area contributed by atoms with Crippen molar-refractivity contribution in [3.63, 3.8) is 0 Å². The van der Waals surface area contributed by atoms with Crippen LogP contribution in [-0.2, 0) is 9.59 Å². The number of rotatable bonds is 3. The fourth-order valence-corrected chi connectivity index (χ4v) is 3.76. The fraction of sp³-hybridized carbons (Fsp3) is 0.0556. The smallest absolute Gasteiger partial charge is 0.270 e. The molecule has 28 heavy (non-hydrogen) atoms. The van der Waals surface area contributed by atoms with Crippen molar-refractivity contribution in [2.75, 3.05) is 12.0 Å². The van der Waals surface area contributed by atoms with Crippen LogP contribution in [0.3, 0.4) is 0 Å². The molecule has 3 rings (SSSR count). The van der Waals surface area contributed by atoms with E-state index in [-0.39, 0.29) is 32.9 Å². The lowest BCUT2D eigenvalue weighted by Crippen LogP contribution is -2.54. The number of carbonyl (C=O) groups excluding carboxylic acids is 2. The van der Waals surface area contributed by atoms with E-state index < -0.39 is 11.8 Å². The Hall–Kier alpha value is -2.13. The number of nitrogens with one attached hydrogen (secondary N) is 1. The highest BCUT2D eigenvalue weighted by atomic mass is 79.9. The van der Waals surface area contributed by atoms with Crippen LogP contribution >= 0.6 is 51.3 Å². The van der Waals surface area contributed by atoms with Gasteiger partial charge in [-0.25, -0.2) is 0 Å². The zero-order valence-corrected chi connectivity index (χ0v) is 18.0. The fourth-order valence-electron chi connectivity index (χ4n) is 2.54. The number of nitrogens with zero attached hydrogens (tertiary/aromatic N) is 1. The molecule has 2 amide bonds. The van der Waals surface area contributed by atoms with Gasteiger partial charge in [0.2, 0.25) is 0 Å². The Labute approximate surface area is 183 Å². The number of halogens is 3. The lowest BCUT2D eigenvalue weighted by Gasteiger charge is -2.29. The summed E-state index contributed by atoms with van der Waals surface area (Å²) in [7, 11) is 1.39. The standard InChI is InChI=1S/C18H11BrCl2N2O4S/c1-27-14-6-8(5-11(19)15(14)24)4-10-16(25)22-18(28)23(17(10)26)13-3-2-9(20)7-12(13)21/h2-7,24H,1H3,(H,22,25,28)/b10-4-. The van der Waals surface area contributed by atoms with E-state index in [4.69, 9.17) is 40.2 Å². The highest BCUT2D eigenvalue weighted by Gasteiger charge is 2.35. The molecule has 0 unspecified atom stereocenters. The second kappa shape index (κ2) is 8.08. The topological polar surface area (TPSA) is 78.9 Å². The number of hydrogen-bond donors (Lipinski definition) is 2. The third-order valence-corrected chi connectivity index (χ3v) is 5.26. The SMILES string of the molecule is COc1cc(/C=C2/C(=O)NC(=S)N(c3ccc(Cl)cc3Cl)C2=O)cc(Br)c1O. The van der Waals surface area contributed by atoms with E-state index in [0.29, 0.717) is 15.1 Å². The van der Waals surface area contributed by atoms with Crippen molar-refractivity contribution in [1.82, 2.24) is 5.32 Å². The van der Waals surface area contributed by atoms with Gasteiger partial charge in [0, 0.05) is 5.02 Å². The Morgan fingerprint density at radius 1 is 1.25 bits per heavy atom. The summed E-state index contributed by atoms with van der Waals surface area (Å²) >= 11 is 20.4. The van der Waals surface area contributed by atoms with Crippen LogP contribution in [0.2, 0.25) is 10.0 Å². The number of hydrogen-bond acceptors (Lipinski definition) is 5. The van der Waals surface area contributed by atoms with E-state index in [1.807, 2.05) is 0 Å². The highest BCUT2D eigenvalue weighted by Crippen LogP contribution is 2.36. The van der Waals surface area contributed by atoms with Crippen LogP contribution < -0.4 is 15.0 Å². The van der Waals surface area contributed by atoms with Gasteiger partial charge in [-0.15, -0.1) is 0 Å². The third kappa shape index (κ3) is 3.86. The molecule has 0 atom stereocenters. The van der Waals surface area contributed by atoms with Crippen molar-refractivity contribution in [2.45, 2.75) is 0 Å². The summed E-state index contributed by atoms with van der Waals surface area (Å²) in [5.74, 6) is -1.22. The van der Waals surface area contributed by atoms with Crippen LogP contribution in [0.1, 0.15) is 5.56 Å². The lowest BCUT2D eigenvalue weighted by molar-refractivity contribution is -0.122. The number of amides is 2. The minimum Gasteiger partial charge on any atom is -0.503 e. The first kappa shape index (κ1) is 20.6. The van der Waals surface area contributed by atoms with Crippen molar-refractivity contribution in [3.05, 3.63) is 56.0 Å². The zero-order valence-electron chi connectivity index (χ0n) is 14.1. The molecule has 1 heterocycles. The van der Waals surface area contributed by atoms with Crippen molar-refractivity contribution >= 4 is 80.0 Å². The maximum absolute atomic E-state index is 13.0. The number of aromatic hydroxyl groups is 1. The van der Waals surface area contributed by atoms with E-state index in [2.05, 4.69) is 21.2 Å². The minimum absolute atomic E-state index is 0.0964. The van der Waals surface area contributed by atoms with Crippen LogP contribution in [0, 0.1) is 0 Å². The van der Waals surface area contributed by atoms with E-state index in [9.17, 15) is 14.7 Å². The first-order valence-corrected chi connectivity index (χ1v) is 9.61. The van der Waals surface area contributed by atoms with Gasteiger partial charge >= 0.3 is 0 Å². The van der Waals surface area contributed by atoms with Crippen molar-refractivity contribution in [2.24, 2.45) is 0 Å². The molecule has 0 radical (unpaired) electrons. The van der Waals surface area contributed by atoms with Gasteiger partial charge in [0.15, 0.2) is 16.6 Å². The average Bonchev–Trinajstić information content (AvgIpc) is 2.63. The Morgan fingerprint density at radius 2 is 1.96 bits per heavy atom. The summed E-state index contributed by atoms with van der Waals surface area (Å²) in [6, 6.07) is 7.58. The maximum Gasteiger partial charge on any atom is 0.270 e. The summed E-state index contributed by atoms with van der Waals surface area (Å²) in [4.78, 5) is 26.5. The Bertz CT molecular complexity index is 1060. The molecule has 0 bridgehead atoms. The number of anilines is 1. The van der Waals surface area contributed by atoms with E-state index in [1.54, 1.807) is 6.07 Å². The molecule has 1 saturated heterocycles. The van der Waals surface area contributed by atoms with Crippen LogP contribution in [0.15, 0.2) is 40.4 Å². The molecular weight excluding hydrogens is 491 g/mol. The monoisotopic (exact) mass is 500 g/mol. The van der Waals surface area contributed by atoms with Gasteiger partial charge in [-0.2, -0.15) is 0 Å². The Kier molecular flexibility index (Phi) is 5.95. The van der Waals surface area contributed by atoms with Gasteiger partial charge < -0.3 is 9.84 Å². The van der Waals surface area contributed by atoms with Gasteiger partial charge in [0.1, 0.15) is 5.57 Å². The number of phenols is 1. The molecule has 0 saturated carbocycles. The van der Waals surface area contributed by atoms with Gasteiger partial charge in [0.05, 0.1) is 22.3 Å². The summed E-state index contributed by atoms with van der Waals surface area (Å²) < 4.78 is 5.43. The molecule has 0 spiro atoms. The number of thiocarbonyl (C=S) groups is 1. The second-order valence-electron chi connectivity index (χ2n) is 5.61. The summed E-state index contributed by atoms with van der Waals surface area (Å²) in [6.45, 7) is 0. The van der Waals surface area contributed by atoms with Crippen LogP contribution in [0.5, 0.6) is 11.5 Å². The molecule has 144 valence electrons. The van der Waals surface area contributed by atoms with Crippen LogP contribution in [0.25, 0.3) is 6.08 Å². The molecular formula is C18H11BrCl2N2O4S. The van der Waals surface area contributed by atoms with Crippen molar-refractivity contribution < 1.29 is 19.4 Å². The molecule has 6 nitrogen and oxygen atoms in total. The van der Waals surface area contributed by atoms with Gasteiger partial charge in [0.25, 0.3) is 11.8 Å². The van der Waals surface area contributed by atoms with Gasteiger partial charge in [-0.1, -0.05) is 23.2 Å². The quantitative estimate of drug-likeness (QED) is 0.372. The number of ether oxygens (including phenoxy) is 1. The summed E-state index contributed by atoms with van der Waals surface area (Å²) in [5, 5.41) is 12.9. The molecule has 1 aliphatic rings. The summed E-state index contributed by atoms with van der Waals surface area (Å²) in [6.07, 6.45) is 1.36. The number of methoxy groups -OCH3 is 1. The molecule has 0 aromatic heterocycles. The Morgan fingerprint density at radius 3 is 2.61 bits per heavy atom. The number of phenolic OH excluding ortho intramolecular Hbond substituents is 1. The molecule has 1 aliphatic heterocycles. The zero-order chi connectivity index (χ0) is 20.6. The third-order valence-electron chi connectivity index (χ3n) is 3.83. The minimum atomic E-state index is -0.653. The molecule has 0 aliphatic carbocycles. The molecule has 10 heteroatoms. The van der Waals surface area contributed by atoms with Crippen LogP contribution in [0.4, 0.5) is 5.69 Å². The number of carbonyl (C=O) groups is 2. The normalized spacial score (nSPS) is 15.8. The highest BCUT2D eigenvalue weighted by molar-refractivity contribution is 9.10. The van der Waals surface area contributed by atoms with Crippen molar-refractivity contribution in [3.8, 4) is 11.5 Å².